The summed E-state index contributed by atoms with van der Waals surface area (Å²) in [5.74, 6) is -0.346. The number of aryl methyl sites for hydroxylation is 1. The molecule has 0 radical (unpaired) electrons. The van der Waals surface area contributed by atoms with Gasteiger partial charge in [0.05, 0.1) is 5.25 Å². The molecule has 0 spiro atoms. The molecule has 0 aliphatic rings. The molecule has 3 nitrogen and oxygen atoms in total. The third kappa shape index (κ3) is 3.51. The summed E-state index contributed by atoms with van der Waals surface area (Å²) in [7, 11) is -1.50. The van der Waals surface area contributed by atoms with Gasteiger partial charge in [0, 0.05) is 12.3 Å². The molecule has 1 aromatic rings. The Bertz CT molecular complexity index is 479. The van der Waals surface area contributed by atoms with Crippen molar-refractivity contribution < 1.29 is 12.8 Å². The molecule has 0 bridgehead atoms. The van der Waals surface area contributed by atoms with Crippen LogP contribution < -0.4 is 5.32 Å². The highest BCUT2D eigenvalue weighted by Crippen LogP contribution is 2.23. The Morgan fingerprint density at radius 1 is 1.29 bits per heavy atom. The van der Waals surface area contributed by atoms with Gasteiger partial charge in [-0.1, -0.05) is 6.07 Å². The minimum Gasteiger partial charge on any atom is -0.312 e. The highest BCUT2D eigenvalue weighted by molar-refractivity contribution is 7.91. The lowest BCUT2D eigenvalue weighted by Crippen LogP contribution is -2.33. The van der Waals surface area contributed by atoms with E-state index in [1.165, 1.54) is 18.4 Å². The second kappa shape index (κ2) is 5.14. The molecule has 1 rings (SSSR count). The molecule has 1 aromatic carbocycles. The Hall–Kier alpha value is -0.940. The minimum atomic E-state index is -3.17. The van der Waals surface area contributed by atoms with Crippen molar-refractivity contribution in [1.82, 2.24) is 5.32 Å². The van der Waals surface area contributed by atoms with Crippen LogP contribution in [-0.4, -0.2) is 27.0 Å². The van der Waals surface area contributed by atoms with E-state index in [1.807, 2.05) is 0 Å². The maximum atomic E-state index is 13.3. The molecule has 5 heteroatoms. The molecular formula is C12H18FNO2S. The van der Waals surface area contributed by atoms with Gasteiger partial charge in [0.1, 0.15) is 5.82 Å². The van der Waals surface area contributed by atoms with Crippen LogP contribution in [0.5, 0.6) is 0 Å². The Morgan fingerprint density at radius 3 is 2.29 bits per heavy atom. The largest absolute Gasteiger partial charge is 0.312 e. The average Bonchev–Trinajstić information content (AvgIpc) is 2.15. The predicted molar refractivity (Wildman–Crippen MR) is 67.2 cm³/mol. The van der Waals surface area contributed by atoms with E-state index in [4.69, 9.17) is 0 Å². The number of rotatable bonds is 4. The minimum absolute atomic E-state index is 0.346. The summed E-state index contributed by atoms with van der Waals surface area (Å²) < 4.78 is 36.4. The monoisotopic (exact) mass is 259 g/mol. The van der Waals surface area contributed by atoms with Gasteiger partial charge in [0.25, 0.3) is 0 Å². The number of halogens is 1. The summed E-state index contributed by atoms with van der Waals surface area (Å²) in [5, 5.41) is 2.33. The van der Waals surface area contributed by atoms with Crippen molar-refractivity contribution in [2.24, 2.45) is 0 Å². The molecule has 0 aliphatic heterocycles. The second-order valence-electron chi connectivity index (χ2n) is 4.36. The Labute approximate surface area is 102 Å². The van der Waals surface area contributed by atoms with Gasteiger partial charge in [-0.3, -0.25) is 0 Å². The molecule has 0 saturated heterocycles. The van der Waals surface area contributed by atoms with Crippen LogP contribution >= 0.6 is 0 Å². The highest BCUT2D eigenvalue weighted by atomic mass is 32.2. The van der Waals surface area contributed by atoms with Crippen molar-refractivity contribution in [3.05, 3.63) is 35.1 Å². The number of hydrogen-bond donors (Lipinski definition) is 1. The number of sulfone groups is 1. The summed E-state index contributed by atoms with van der Waals surface area (Å²) in [6.07, 6.45) is 1.19. The van der Waals surface area contributed by atoms with Crippen molar-refractivity contribution in [3.63, 3.8) is 0 Å². The molecule has 0 saturated carbocycles. The highest BCUT2D eigenvalue weighted by Gasteiger charge is 2.26. The first kappa shape index (κ1) is 14.1. The average molecular weight is 259 g/mol. The fraction of sp³-hybridized carbons (Fsp3) is 0.500. The summed E-state index contributed by atoms with van der Waals surface area (Å²) in [4.78, 5) is 0. The van der Waals surface area contributed by atoms with Crippen LogP contribution in [0.15, 0.2) is 18.2 Å². The van der Waals surface area contributed by atoms with Crippen LogP contribution in [0.1, 0.15) is 24.1 Å². The summed E-state index contributed by atoms with van der Waals surface area (Å²) in [6, 6.07) is 4.18. The normalized spacial score (nSPS) is 15.6. The van der Waals surface area contributed by atoms with Crippen molar-refractivity contribution in [1.29, 1.82) is 0 Å². The van der Waals surface area contributed by atoms with E-state index in [2.05, 4.69) is 5.32 Å². The Morgan fingerprint density at radius 2 is 1.88 bits per heavy atom. The van der Waals surface area contributed by atoms with Gasteiger partial charge < -0.3 is 5.32 Å². The lowest BCUT2D eigenvalue weighted by Gasteiger charge is -2.23. The topological polar surface area (TPSA) is 46.2 Å². The van der Waals surface area contributed by atoms with Gasteiger partial charge in [0.2, 0.25) is 0 Å². The first-order chi connectivity index (χ1) is 7.75. The van der Waals surface area contributed by atoms with E-state index in [0.29, 0.717) is 5.56 Å². The Balaban J connectivity index is 3.18. The molecule has 0 amide bonds. The van der Waals surface area contributed by atoms with E-state index in [9.17, 15) is 12.8 Å². The molecule has 1 N–H and O–H groups in total. The van der Waals surface area contributed by atoms with Crippen LogP contribution in [0, 0.1) is 12.7 Å². The van der Waals surface area contributed by atoms with Gasteiger partial charge in [-0.2, -0.15) is 0 Å². The van der Waals surface area contributed by atoms with Gasteiger partial charge >= 0.3 is 0 Å². The summed E-state index contributed by atoms with van der Waals surface area (Å²) >= 11 is 0. The van der Waals surface area contributed by atoms with Gasteiger partial charge in [-0.05, 0) is 44.2 Å². The third-order valence-electron chi connectivity index (χ3n) is 2.88. The van der Waals surface area contributed by atoms with Gasteiger partial charge in [0.15, 0.2) is 9.84 Å². The van der Waals surface area contributed by atoms with Crippen LogP contribution in [0.25, 0.3) is 0 Å². The lowest BCUT2D eigenvalue weighted by atomic mass is 10.0. The molecule has 0 aromatic heterocycles. The zero-order chi connectivity index (χ0) is 13.2. The molecule has 0 heterocycles. The predicted octanol–water partition coefficient (Wildman–Crippen LogP) is 1.83. The molecule has 96 valence electrons. The van der Waals surface area contributed by atoms with Crippen LogP contribution in [0.2, 0.25) is 0 Å². The first-order valence-corrected chi connectivity index (χ1v) is 7.34. The third-order valence-corrected chi connectivity index (χ3v) is 4.50. The van der Waals surface area contributed by atoms with Crippen molar-refractivity contribution >= 4 is 9.84 Å². The molecule has 17 heavy (non-hydrogen) atoms. The van der Waals surface area contributed by atoms with Crippen molar-refractivity contribution in [3.8, 4) is 0 Å². The molecule has 2 unspecified atom stereocenters. The smallest absolute Gasteiger partial charge is 0.151 e. The molecule has 2 atom stereocenters. The summed E-state index contributed by atoms with van der Waals surface area (Å²) in [5.41, 5.74) is 1.43. The quantitative estimate of drug-likeness (QED) is 0.897. The maximum Gasteiger partial charge on any atom is 0.151 e. The summed E-state index contributed by atoms with van der Waals surface area (Å²) in [6.45, 7) is 3.40. The van der Waals surface area contributed by atoms with Crippen LogP contribution in [0.3, 0.4) is 0 Å². The van der Waals surface area contributed by atoms with Gasteiger partial charge in [-0.25, -0.2) is 12.8 Å². The zero-order valence-corrected chi connectivity index (χ0v) is 11.3. The van der Waals surface area contributed by atoms with E-state index < -0.39 is 21.1 Å². The maximum absolute atomic E-state index is 13.3. The standard InChI is InChI=1S/C12H18FNO2S/c1-8-5-10(7-11(13)6-8)12(14-3)9(2)17(4,15)16/h5-7,9,12,14H,1-4H3. The lowest BCUT2D eigenvalue weighted by molar-refractivity contribution is 0.530. The van der Waals surface area contributed by atoms with E-state index in [0.717, 1.165) is 5.56 Å². The van der Waals surface area contributed by atoms with E-state index in [-0.39, 0.29) is 5.82 Å². The zero-order valence-electron chi connectivity index (χ0n) is 10.5. The second-order valence-corrected chi connectivity index (χ2v) is 6.77. The number of hydrogen-bond acceptors (Lipinski definition) is 3. The van der Waals surface area contributed by atoms with Gasteiger partial charge in [-0.15, -0.1) is 0 Å². The van der Waals surface area contributed by atoms with E-state index in [1.54, 1.807) is 27.0 Å². The van der Waals surface area contributed by atoms with Crippen LogP contribution in [0.4, 0.5) is 4.39 Å². The fourth-order valence-electron chi connectivity index (χ4n) is 1.86. The number of nitrogens with one attached hydrogen (secondary N) is 1. The fourth-order valence-corrected chi connectivity index (χ4v) is 2.65. The molecule has 0 aliphatic carbocycles. The first-order valence-electron chi connectivity index (χ1n) is 5.39. The van der Waals surface area contributed by atoms with Crippen molar-refractivity contribution in [2.45, 2.75) is 25.1 Å². The Kier molecular flexibility index (Phi) is 4.27. The molecular weight excluding hydrogens is 241 g/mol. The van der Waals surface area contributed by atoms with E-state index >= 15 is 0 Å². The van der Waals surface area contributed by atoms with Crippen LogP contribution in [-0.2, 0) is 9.84 Å². The van der Waals surface area contributed by atoms with Crippen molar-refractivity contribution in [2.75, 3.05) is 13.3 Å². The SMILES string of the molecule is CNC(c1cc(C)cc(F)c1)C(C)S(C)(=O)=O. The molecule has 0 fully saturated rings. The number of benzene rings is 1.